The Bertz CT molecular complexity index is 1090. The number of urea groups is 1. The summed E-state index contributed by atoms with van der Waals surface area (Å²) in [6.45, 7) is 8.90. The first-order chi connectivity index (χ1) is 14.6. The van der Waals surface area contributed by atoms with Gasteiger partial charge < -0.3 is 10.2 Å². The predicted octanol–water partition coefficient (Wildman–Crippen LogP) is 5.46. The van der Waals surface area contributed by atoms with Gasteiger partial charge >= 0.3 is 6.03 Å². The molecule has 1 N–H and O–H groups in total. The van der Waals surface area contributed by atoms with Crippen LogP contribution >= 0.6 is 11.6 Å². The van der Waals surface area contributed by atoms with Crippen molar-refractivity contribution in [2.75, 3.05) is 11.9 Å². The summed E-state index contributed by atoms with van der Waals surface area (Å²) >= 11 is 6.60. The number of nitrogens with zero attached hydrogens (tertiary/aromatic N) is 2. The number of hydrogen-bond acceptors (Lipinski definition) is 3. The highest BCUT2D eigenvalue weighted by Crippen LogP contribution is 2.44. The minimum absolute atomic E-state index is 0.0433. The number of aryl methyl sites for hydroxylation is 1. The first kappa shape index (κ1) is 21.4. The first-order valence-corrected chi connectivity index (χ1v) is 10.9. The average molecular weight is 438 g/mol. The van der Waals surface area contributed by atoms with Crippen LogP contribution in [0.5, 0.6) is 0 Å². The van der Waals surface area contributed by atoms with Crippen LogP contribution in [0.2, 0.25) is 5.02 Å². The zero-order chi connectivity index (χ0) is 22.5. The lowest BCUT2D eigenvalue weighted by atomic mass is 9.80. The Morgan fingerprint density at radius 1 is 1.19 bits per heavy atom. The monoisotopic (exact) mass is 437 g/mol. The molecule has 3 amide bonds. The molecule has 2 heterocycles. The molecule has 31 heavy (non-hydrogen) atoms. The zero-order valence-corrected chi connectivity index (χ0v) is 19.4. The van der Waals surface area contributed by atoms with Crippen LogP contribution in [-0.2, 0) is 11.3 Å². The average Bonchev–Trinajstić information content (AvgIpc) is 2.96. The second kappa shape index (κ2) is 7.72. The van der Waals surface area contributed by atoms with E-state index in [0.717, 1.165) is 28.8 Å². The Kier molecular flexibility index (Phi) is 5.34. The van der Waals surface area contributed by atoms with Gasteiger partial charge in [-0.15, -0.1) is 0 Å². The number of imide groups is 1. The van der Waals surface area contributed by atoms with E-state index in [1.807, 2.05) is 43.3 Å². The van der Waals surface area contributed by atoms with Crippen LogP contribution in [-0.4, -0.2) is 29.4 Å². The lowest BCUT2D eigenvalue weighted by molar-refractivity contribution is -0.123. The van der Waals surface area contributed by atoms with E-state index in [1.165, 1.54) is 10.5 Å². The summed E-state index contributed by atoms with van der Waals surface area (Å²) in [5.41, 5.74) is 5.37. The number of anilines is 1. The predicted molar refractivity (Wildman–Crippen MR) is 125 cm³/mol. The van der Waals surface area contributed by atoms with E-state index in [4.69, 9.17) is 11.6 Å². The summed E-state index contributed by atoms with van der Waals surface area (Å²) in [4.78, 5) is 28.9. The summed E-state index contributed by atoms with van der Waals surface area (Å²) < 4.78 is 0. The van der Waals surface area contributed by atoms with Crippen LogP contribution in [0.3, 0.4) is 0 Å². The van der Waals surface area contributed by atoms with Crippen molar-refractivity contribution in [1.29, 1.82) is 0 Å². The number of fused-ring (bicyclic) bond motifs is 1. The highest BCUT2D eigenvalue weighted by Gasteiger charge is 2.36. The van der Waals surface area contributed by atoms with Crippen LogP contribution in [0.25, 0.3) is 6.08 Å². The van der Waals surface area contributed by atoms with Gasteiger partial charge in [-0.3, -0.25) is 9.69 Å². The molecule has 1 saturated heterocycles. The summed E-state index contributed by atoms with van der Waals surface area (Å²) in [5.74, 6) is 0.0215. The largest absolute Gasteiger partial charge is 0.369 e. The topological polar surface area (TPSA) is 52.7 Å². The van der Waals surface area contributed by atoms with E-state index in [-0.39, 0.29) is 23.7 Å². The van der Waals surface area contributed by atoms with Gasteiger partial charge in [-0.1, -0.05) is 48.4 Å². The van der Waals surface area contributed by atoms with Crippen molar-refractivity contribution in [3.63, 3.8) is 0 Å². The van der Waals surface area contributed by atoms with Gasteiger partial charge in [0, 0.05) is 23.3 Å². The van der Waals surface area contributed by atoms with Crippen LogP contribution in [0, 0.1) is 6.92 Å². The summed E-state index contributed by atoms with van der Waals surface area (Å²) in [6.07, 6.45) is 2.71. The van der Waals surface area contributed by atoms with E-state index in [1.54, 1.807) is 6.08 Å². The lowest BCUT2D eigenvalue weighted by Crippen LogP contribution is -2.45. The van der Waals surface area contributed by atoms with Gasteiger partial charge in [-0.2, -0.15) is 0 Å². The maximum atomic E-state index is 12.9. The van der Waals surface area contributed by atoms with Gasteiger partial charge in [-0.05, 0) is 68.0 Å². The van der Waals surface area contributed by atoms with Crippen LogP contribution in [0.15, 0.2) is 42.1 Å². The van der Waals surface area contributed by atoms with Crippen molar-refractivity contribution in [1.82, 2.24) is 10.2 Å². The SMILES string of the molecule is Cc1ccc(CN2C(=O)N/C(=C\c3cc4c(cc3Cl)N(C)C(C)(C)C[C@@H]4C)C2=O)cc1. The molecular weight excluding hydrogens is 410 g/mol. The van der Waals surface area contributed by atoms with Crippen molar-refractivity contribution < 1.29 is 9.59 Å². The minimum atomic E-state index is -0.416. The van der Waals surface area contributed by atoms with Gasteiger partial charge in [0.1, 0.15) is 5.70 Å². The summed E-state index contributed by atoms with van der Waals surface area (Å²) in [7, 11) is 2.09. The molecule has 0 unspecified atom stereocenters. The fourth-order valence-corrected chi connectivity index (χ4v) is 4.67. The maximum Gasteiger partial charge on any atom is 0.329 e. The van der Waals surface area contributed by atoms with Gasteiger partial charge in [-0.25, -0.2) is 4.79 Å². The number of nitrogens with one attached hydrogen (secondary N) is 1. The number of carbonyl (C=O) groups excluding carboxylic acids is 2. The molecule has 5 nitrogen and oxygen atoms in total. The molecule has 0 radical (unpaired) electrons. The molecule has 0 saturated carbocycles. The molecule has 1 fully saturated rings. The standard InChI is InChI=1S/C25H28ClN3O2/c1-15-6-8-17(9-7-15)14-29-23(30)21(27-24(29)31)11-18-10-19-16(2)13-25(3,4)28(5)22(19)12-20(18)26/h6-12,16H,13-14H2,1-5H3,(H,27,31)/b21-11-/t16-/m0/s1. The molecule has 2 aromatic rings. The molecular formula is C25H28ClN3O2. The van der Waals surface area contributed by atoms with E-state index in [0.29, 0.717) is 10.9 Å². The normalized spacial score (nSPS) is 21.5. The van der Waals surface area contributed by atoms with E-state index < -0.39 is 6.03 Å². The molecule has 2 aliphatic rings. The van der Waals surface area contributed by atoms with Crippen LogP contribution in [0.4, 0.5) is 10.5 Å². The number of halogens is 1. The van der Waals surface area contributed by atoms with Crippen molar-refractivity contribution in [3.8, 4) is 0 Å². The Labute approximate surface area is 188 Å². The van der Waals surface area contributed by atoms with Crippen molar-refractivity contribution >= 4 is 35.3 Å². The maximum absolute atomic E-state index is 12.9. The zero-order valence-electron chi connectivity index (χ0n) is 18.6. The van der Waals surface area contributed by atoms with Gasteiger partial charge in [0.2, 0.25) is 0 Å². The molecule has 4 rings (SSSR count). The lowest BCUT2D eigenvalue weighted by Gasteiger charge is -2.45. The van der Waals surface area contributed by atoms with E-state index >= 15 is 0 Å². The number of hydrogen-bond donors (Lipinski definition) is 1. The highest BCUT2D eigenvalue weighted by molar-refractivity contribution is 6.32. The molecule has 0 aliphatic carbocycles. The molecule has 6 heteroatoms. The number of amides is 3. The Hall–Kier alpha value is -2.79. The third-order valence-electron chi connectivity index (χ3n) is 6.48. The fourth-order valence-electron chi connectivity index (χ4n) is 4.46. The van der Waals surface area contributed by atoms with Crippen LogP contribution in [0.1, 0.15) is 55.4 Å². The fraction of sp³-hybridized carbons (Fsp3) is 0.360. The van der Waals surface area contributed by atoms with Gasteiger partial charge in [0.15, 0.2) is 0 Å². The Morgan fingerprint density at radius 2 is 1.87 bits per heavy atom. The molecule has 0 aromatic heterocycles. The Balaban J connectivity index is 1.63. The minimum Gasteiger partial charge on any atom is -0.369 e. The van der Waals surface area contributed by atoms with E-state index in [2.05, 4.69) is 38.0 Å². The number of benzene rings is 2. The highest BCUT2D eigenvalue weighted by atomic mass is 35.5. The van der Waals surface area contributed by atoms with E-state index in [9.17, 15) is 9.59 Å². The Morgan fingerprint density at radius 3 is 2.55 bits per heavy atom. The number of carbonyl (C=O) groups is 2. The van der Waals surface area contributed by atoms with Gasteiger partial charge in [0.05, 0.1) is 6.54 Å². The van der Waals surface area contributed by atoms with Crippen molar-refractivity contribution in [3.05, 3.63) is 69.4 Å². The van der Waals surface area contributed by atoms with Crippen molar-refractivity contribution in [2.45, 2.75) is 52.1 Å². The molecule has 0 bridgehead atoms. The molecule has 0 spiro atoms. The van der Waals surface area contributed by atoms with Gasteiger partial charge in [0.25, 0.3) is 5.91 Å². The third kappa shape index (κ3) is 3.94. The summed E-state index contributed by atoms with van der Waals surface area (Å²) in [6, 6.07) is 11.4. The quantitative estimate of drug-likeness (QED) is 0.512. The van der Waals surface area contributed by atoms with Crippen LogP contribution < -0.4 is 10.2 Å². The summed E-state index contributed by atoms with van der Waals surface area (Å²) in [5, 5.41) is 3.26. The molecule has 2 aliphatic heterocycles. The smallest absolute Gasteiger partial charge is 0.329 e. The molecule has 162 valence electrons. The molecule has 2 aromatic carbocycles. The second-order valence-electron chi connectivity index (χ2n) is 9.27. The number of rotatable bonds is 3. The van der Waals surface area contributed by atoms with Crippen molar-refractivity contribution in [2.24, 2.45) is 0 Å². The molecule has 1 atom stereocenters. The first-order valence-electron chi connectivity index (χ1n) is 10.5. The third-order valence-corrected chi connectivity index (χ3v) is 6.80. The second-order valence-corrected chi connectivity index (χ2v) is 9.68.